The van der Waals surface area contributed by atoms with Crippen molar-refractivity contribution in [3.63, 3.8) is 0 Å². The molecule has 10 heteroatoms. The van der Waals surface area contributed by atoms with Gasteiger partial charge in [-0.2, -0.15) is 0 Å². The van der Waals surface area contributed by atoms with Crippen LogP contribution in [0.5, 0.6) is 5.75 Å². The molecule has 0 aliphatic rings. The summed E-state index contributed by atoms with van der Waals surface area (Å²) in [7, 11) is -4.12. The zero-order valence-corrected chi connectivity index (χ0v) is 18.0. The molecule has 0 aromatic heterocycles. The minimum absolute atomic E-state index is 0.0131. The molecule has 0 aliphatic heterocycles. The number of nitro groups is 1. The fraction of sp³-hybridized carbons (Fsp3) is 0.136. The number of amides is 1. The van der Waals surface area contributed by atoms with Crippen molar-refractivity contribution in [2.45, 2.75) is 11.8 Å². The van der Waals surface area contributed by atoms with Gasteiger partial charge < -0.3 is 10.1 Å². The number of nitro benzene ring substituents is 1. The first-order chi connectivity index (χ1) is 15.3. The van der Waals surface area contributed by atoms with Gasteiger partial charge in [-0.1, -0.05) is 30.3 Å². The molecule has 0 saturated carbocycles. The van der Waals surface area contributed by atoms with Gasteiger partial charge >= 0.3 is 0 Å². The Labute approximate surface area is 185 Å². The highest BCUT2D eigenvalue weighted by molar-refractivity contribution is 7.92. The number of benzene rings is 3. The van der Waals surface area contributed by atoms with E-state index in [0.717, 1.165) is 4.31 Å². The highest BCUT2D eigenvalue weighted by Gasteiger charge is 2.27. The molecule has 9 nitrogen and oxygen atoms in total. The predicted octanol–water partition coefficient (Wildman–Crippen LogP) is 3.83. The SMILES string of the molecule is CCOc1ccccc1NC(=O)CN(c1ccc([N+](=O)[O-])cc1)S(=O)(=O)c1ccccc1. The number of anilines is 2. The van der Waals surface area contributed by atoms with E-state index in [-0.39, 0.29) is 16.3 Å². The molecular formula is C22H21N3O6S. The summed E-state index contributed by atoms with van der Waals surface area (Å²) in [5.74, 6) is -0.147. The van der Waals surface area contributed by atoms with Gasteiger partial charge in [0.1, 0.15) is 12.3 Å². The van der Waals surface area contributed by atoms with Crippen molar-refractivity contribution in [2.24, 2.45) is 0 Å². The molecule has 0 saturated heterocycles. The Bertz CT molecular complexity index is 1200. The molecule has 3 aromatic carbocycles. The first kappa shape index (κ1) is 22.8. The smallest absolute Gasteiger partial charge is 0.269 e. The van der Waals surface area contributed by atoms with Crippen molar-refractivity contribution in [1.82, 2.24) is 0 Å². The largest absolute Gasteiger partial charge is 0.492 e. The Morgan fingerprint density at radius 1 is 1.00 bits per heavy atom. The first-order valence-corrected chi connectivity index (χ1v) is 11.1. The maximum absolute atomic E-state index is 13.3. The lowest BCUT2D eigenvalue weighted by atomic mass is 10.2. The minimum Gasteiger partial charge on any atom is -0.492 e. The van der Waals surface area contributed by atoms with Crippen LogP contribution in [0, 0.1) is 10.1 Å². The summed E-state index contributed by atoms with van der Waals surface area (Å²) in [6.07, 6.45) is 0. The zero-order valence-electron chi connectivity index (χ0n) is 17.2. The lowest BCUT2D eigenvalue weighted by Crippen LogP contribution is -2.38. The topological polar surface area (TPSA) is 119 Å². The molecule has 0 bridgehead atoms. The highest BCUT2D eigenvalue weighted by atomic mass is 32.2. The molecule has 0 atom stereocenters. The standard InChI is InChI=1S/C22H21N3O6S/c1-2-31-21-11-7-6-10-20(21)23-22(26)16-24(17-12-14-18(15-13-17)25(27)28)32(29,30)19-8-4-3-5-9-19/h3-15H,2,16H2,1H3,(H,23,26). The van der Waals surface area contributed by atoms with Gasteiger partial charge in [-0.25, -0.2) is 8.42 Å². The van der Waals surface area contributed by atoms with Crippen LogP contribution in [-0.4, -0.2) is 32.4 Å². The summed E-state index contributed by atoms with van der Waals surface area (Å²) >= 11 is 0. The third-order valence-corrected chi connectivity index (χ3v) is 6.22. The highest BCUT2D eigenvalue weighted by Crippen LogP contribution is 2.27. The normalized spacial score (nSPS) is 10.9. The van der Waals surface area contributed by atoms with Gasteiger partial charge in [0.05, 0.1) is 27.8 Å². The van der Waals surface area contributed by atoms with E-state index in [4.69, 9.17) is 4.74 Å². The summed E-state index contributed by atoms with van der Waals surface area (Å²) in [5, 5.41) is 13.6. The van der Waals surface area contributed by atoms with Crippen molar-refractivity contribution < 1.29 is 22.9 Å². The van der Waals surface area contributed by atoms with E-state index in [1.165, 1.54) is 36.4 Å². The van der Waals surface area contributed by atoms with E-state index in [1.54, 1.807) is 49.4 Å². The lowest BCUT2D eigenvalue weighted by Gasteiger charge is -2.24. The molecule has 0 heterocycles. The van der Waals surface area contributed by atoms with Crippen LogP contribution in [-0.2, 0) is 14.8 Å². The molecule has 0 aliphatic carbocycles. The number of nitrogens with one attached hydrogen (secondary N) is 1. The number of carbonyl (C=O) groups excluding carboxylic acids is 1. The number of hydrogen-bond acceptors (Lipinski definition) is 6. The second kappa shape index (κ2) is 9.92. The summed E-state index contributed by atoms with van der Waals surface area (Å²) < 4.78 is 33.0. The van der Waals surface area contributed by atoms with Crippen LogP contribution < -0.4 is 14.4 Å². The summed E-state index contributed by atoms with van der Waals surface area (Å²) in [4.78, 5) is 23.2. The molecular weight excluding hydrogens is 434 g/mol. The molecule has 1 amide bonds. The Kier molecular flexibility index (Phi) is 7.06. The fourth-order valence-corrected chi connectivity index (χ4v) is 4.39. The number of non-ortho nitro benzene ring substituents is 1. The van der Waals surface area contributed by atoms with Crippen molar-refractivity contribution in [3.05, 3.63) is 89.0 Å². The quantitative estimate of drug-likeness (QED) is 0.387. The van der Waals surface area contributed by atoms with Crippen molar-refractivity contribution in [2.75, 3.05) is 22.8 Å². The van der Waals surface area contributed by atoms with Crippen molar-refractivity contribution in [1.29, 1.82) is 0 Å². The van der Waals surface area contributed by atoms with Crippen molar-refractivity contribution >= 4 is 33.0 Å². The van der Waals surface area contributed by atoms with Crippen LogP contribution in [0.25, 0.3) is 0 Å². The molecule has 166 valence electrons. The summed E-state index contributed by atoms with van der Waals surface area (Å²) in [5.41, 5.74) is 0.328. The minimum atomic E-state index is -4.12. The Morgan fingerprint density at radius 2 is 1.62 bits per heavy atom. The second-order valence-corrected chi connectivity index (χ2v) is 8.44. The van der Waals surface area contributed by atoms with Gasteiger partial charge in [0.2, 0.25) is 5.91 Å². The van der Waals surface area contributed by atoms with Crippen LogP contribution in [0.4, 0.5) is 17.1 Å². The first-order valence-electron chi connectivity index (χ1n) is 9.67. The maximum atomic E-state index is 13.3. The summed E-state index contributed by atoms with van der Waals surface area (Å²) in [6, 6.07) is 19.4. The third kappa shape index (κ3) is 5.22. The lowest BCUT2D eigenvalue weighted by molar-refractivity contribution is -0.384. The van der Waals surface area contributed by atoms with E-state index in [9.17, 15) is 23.3 Å². The monoisotopic (exact) mass is 455 g/mol. The van der Waals surface area contributed by atoms with E-state index >= 15 is 0 Å². The number of ether oxygens (including phenoxy) is 1. The maximum Gasteiger partial charge on any atom is 0.269 e. The van der Waals surface area contributed by atoms with Crippen LogP contribution >= 0.6 is 0 Å². The van der Waals surface area contributed by atoms with Gasteiger partial charge in [-0.05, 0) is 43.3 Å². The molecule has 0 spiro atoms. The molecule has 0 fully saturated rings. The van der Waals surface area contributed by atoms with E-state index in [2.05, 4.69) is 5.32 Å². The second-order valence-electron chi connectivity index (χ2n) is 6.58. The van der Waals surface area contributed by atoms with Gasteiger partial charge in [0.15, 0.2) is 0 Å². The molecule has 3 rings (SSSR count). The van der Waals surface area contributed by atoms with E-state index < -0.39 is 27.4 Å². The molecule has 0 unspecified atom stereocenters. The molecule has 1 N–H and O–H groups in total. The van der Waals surface area contributed by atoms with Gasteiger partial charge in [-0.3, -0.25) is 19.2 Å². The van der Waals surface area contributed by atoms with Crippen LogP contribution in [0.3, 0.4) is 0 Å². The Balaban J connectivity index is 1.94. The van der Waals surface area contributed by atoms with Gasteiger partial charge in [0.25, 0.3) is 15.7 Å². The predicted molar refractivity (Wildman–Crippen MR) is 120 cm³/mol. The summed E-state index contributed by atoms with van der Waals surface area (Å²) in [6.45, 7) is 1.65. The molecule has 0 radical (unpaired) electrons. The average molecular weight is 455 g/mol. The van der Waals surface area contributed by atoms with Crippen molar-refractivity contribution in [3.8, 4) is 5.75 Å². The van der Waals surface area contributed by atoms with Crippen LogP contribution in [0.1, 0.15) is 6.92 Å². The van der Waals surface area contributed by atoms with Gasteiger partial charge in [-0.15, -0.1) is 0 Å². The number of sulfonamides is 1. The molecule has 3 aromatic rings. The zero-order chi connectivity index (χ0) is 23.1. The number of hydrogen-bond donors (Lipinski definition) is 1. The van der Waals surface area contributed by atoms with Crippen LogP contribution in [0.15, 0.2) is 83.8 Å². The number of carbonyl (C=O) groups is 1. The third-order valence-electron chi connectivity index (χ3n) is 4.43. The van der Waals surface area contributed by atoms with Crippen LogP contribution in [0.2, 0.25) is 0 Å². The Morgan fingerprint density at radius 3 is 2.25 bits per heavy atom. The average Bonchev–Trinajstić information content (AvgIpc) is 2.79. The fourth-order valence-electron chi connectivity index (χ4n) is 2.95. The van der Waals surface area contributed by atoms with Gasteiger partial charge in [0, 0.05) is 12.1 Å². The van der Waals surface area contributed by atoms with E-state index in [0.29, 0.717) is 18.0 Å². The number of para-hydroxylation sites is 2. The Hall–Kier alpha value is -3.92. The number of nitrogens with zero attached hydrogens (tertiary/aromatic N) is 2. The van der Waals surface area contributed by atoms with E-state index in [1.807, 2.05) is 0 Å². The number of rotatable bonds is 9. The molecule has 32 heavy (non-hydrogen) atoms.